The Balaban J connectivity index is 3.27. The highest BCUT2D eigenvalue weighted by Crippen LogP contribution is 2.34. The molecule has 86 valence electrons. The molecule has 0 aliphatic rings. The first-order chi connectivity index (χ1) is 7.36. The van der Waals surface area contributed by atoms with Gasteiger partial charge in [-0.05, 0) is 17.7 Å². The van der Waals surface area contributed by atoms with Gasteiger partial charge in [-0.15, -0.1) is 0 Å². The van der Waals surface area contributed by atoms with Crippen molar-refractivity contribution in [1.29, 1.82) is 0 Å². The van der Waals surface area contributed by atoms with Gasteiger partial charge in [0.15, 0.2) is 6.29 Å². The van der Waals surface area contributed by atoms with Crippen LogP contribution in [0, 0.1) is 5.82 Å². The average Bonchev–Trinajstić information content (AvgIpc) is 2.20. The Morgan fingerprint density at radius 3 is 2.06 bits per heavy atom. The molecule has 1 aromatic rings. The molecule has 0 bridgehead atoms. The van der Waals surface area contributed by atoms with Crippen molar-refractivity contribution in [3.05, 3.63) is 40.7 Å². The van der Waals surface area contributed by atoms with Gasteiger partial charge in [-0.25, -0.2) is 4.39 Å². The smallest absolute Gasteiger partial charge is 0.298 e. The summed E-state index contributed by atoms with van der Waals surface area (Å²) in [6, 6.07) is 3.99. The van der Waals surface area contributed by atoms with Gasteiger partial charge in [0, 0.05) is 5.57 Å². The van der Waals surface area contributed by atoms with Gasteiger partial charge in [-0.2, -0.15) is 13.2 Å². The van der Waals surface area contributed by atoms with Gasteiger partial charge in [0.1, 0.15) is 10.8 Å². The molecule has 0 amide bonds. The van der Waals surface area contributed by atoms with E-state index in [9.17, 15) is 22.4 Å². The van der Waals surface area contributed by atoms with Crippen molar-refractivity contribution in [3.63, 3.8) is 0 Å². The predicted molar refractivity (Wildman–Crippen MR) is 51.3 cm³/mol. The van der Waals surface area contributed by atoms with Crippen LogP contribution in [0.25, 0.3) is 5.57 Å². The molecule has 1 rings (SSSR count). The van der Waals surface area contributed by atoms with E-state index in [1.165, 1.54) is 0 Å². The van der Waals surface area contributed by atoms with Crippen molar-refractivity contribution >= 4 is 23.5 Å². The lowest BCUT2D eigenvalue weighted by molar-refractivity contribution is -0.104. The van der Waals surface area contributed by atoms with Crippen molar-refractivity contribution in [2.24, 2.45) is 0 Å². The fourth-order valence-corrected chi connectivity index (χ4v) is 1.18. The first kappa shape index (κ1) is 12.7. The standard InChI is InChI=1S/C10H5ClF4O/c11-9(10(13,14)15)8(5-16)6-1-3-7(12)4-2-6/h1-5H/b9-8-. The normalized spacial score (nSPS) is 13.3. The van der Waals surface area contributed by atoms with Gasteiger partial charge < -0.3 is 0 Å². The van der Waals surface area contributed by atoms with Crippen molar-refractivity contribution in [1.82, 2.24) is 0 Å². The van der Waals surface area contributed by atoms with Crippen LogP contribution in [0.5, 0.6) is 0 Å². The Labute approximate surface area is 93.3 Å². The Kier molecular flexibility index (Phi) is 3.70. The molecule has 0 heterocycles. The quantitative estimate of drug-likeness (QED) is 0.447. The lowest BCUT2D eigenvalue weighted by atomic mass is 10.1. The molecule has 0 saturated carbocycles. The van der Waals surface area contributed by atoms with Crippen molar-refractivity contribution < 1.29 is 22.4 Å². The van der Waals surface area contributed by atoms with Crippen molar-refractivity contribution in [2.45, 2.75) is 6.18 Å². The minimum absolute atomic E-state index is 0.0109. The minimum atomic E-state index is -4.80. The molecule has 1 aromatic carbocycles. The highest BCUT2D eigenvalue weighted by Gasteiger charge is 2.35. The van der Waals surface area contributed by atoms with Crippen LogP contribution in [0.4, 0.5) is 17.6 Å². The molecule has 0 saturated heterocycles. The summed E-state index contributed by atoms with van der Waals surface area (Å²) in [5.41, 5.74) is -0.798. The van der Waals surface area contributed by atoms with Crippen molar-refractivity contribution in [3.8, 4) is 0 Å². The molecule has 0 N–H and O–H groups in total. The Bertz CT molecular complexity index is 419. The van der Waals surface area contributed by atoms with Crippen LogP contribution in [0.15, 0.2) is 29.3 Å². The first-order valence-electron chi connectivity index (χ1n) is 4.04. The lowest BCUT2D eigenvalue weighted by Gasteiger charge is -2.08. The zero-order chi connectivity index (χ0) is 12.3. The van der Waals surface area contributed by atoms with Crippen molar-refractivity contribution in [2.75, 3.05) is 0 Å². The van der Waals surface area contributed by atoms with E-state index in [0.717, 1.165) is 24.3 Å². The van der Waals surface area contributed by atoms with E-state index >= 15 is 0 Å². The number of benzene rings is 1. The molecule has 16 heavy (non-hydrogen) atoms. The van der Waals surface area contributed by atoms with E-state index < -0.39 is 22.6 Å². The van der Waals surface area contributed by atoms with Crippen LogP contribution in [0.3, 0.4) is 0 Å². The van der Waals surface area contributed by atoms with Gasteiger partial charge in [-0.3, -0.25) is 4.79 Å². The SMILES string of the molecule is O=C/C(=C(/Cl)C(F)(F)F)c1ccc(F)cc1. The van der Waals surface area contributed by atoms with Crippen LogP contribution in [-0.4, -0.2) is 12.5 Å². The fraction of sp³-hybridized carbons (Fsp3) is 0.100. The monoisotopic (exact) mass is 252 g/mol. The van der Waals surface area contributed by atoms with Gasteiger partial charge in [-0.1, -0.05) is 23.7 Å². The molecule has 1 nitrogen and oxygen atoms in total. The summed E-state index contributed by atoms with van der Waals surface area (Å²) in [5, 5.41) is -1.52. The second-order valence-electron chi connectivity index (χ2n) is 2.85. The first-order valence-corrected chi connectivity index (χ1v) is 4.42. The summed E-state index contributed by atoms with van der Waals surface area (Å²) in [4.78, 5) is 10.5. The number of carbonyl (C=O) groups excluding carboxylic acids is 1. The Hall–Kier alpha value is -1.36. The topological polar surface area (TPSA) is 17.1 Å². The molecule has 0 unspecified atom stereocenters. The van der Waals surface area contributed by atoms with Crippen LogP contribution < -0.4 is 0 Å². The third-order valence-corrected chi connectivity index (χ3v) is 2.18. The second kappa shape index (κ2) is 4.65. The Morgan fingerprint density at radius 1 is 1.19 bits per heavy atom. The predicted octanol–water partition coefficient (Wildman–Crippen LogP) is 3.54. The van der Waals surface area contributed by atoms with Gasteiger partial charge >= 0.3 is 6.18 Å². The third-order valence-electron chi connectivity index (χ3n) is 1.76. The molecule has 0 aromatic heterocycles. The van der Waals surface area contributed by atoms with Crippen LogP contribution >= 0.6 is 11.6 Å². The maximum Gasteiger partial charge on any atom is 0.427 e. The highest BCUT2D eigenvalue weighted by molar-refractivity contribution is 6.37. The third kappa shape index (κ3) is 2.82. The minimum Gasteiger partial charge on any atom is -0.298 e. The fourth-order valence-electron chi connectivity index (χ4n) is 1.03. The number of alkyl halides is 3. The van der Waals surface area contributed by atoms with Gasteiger partial charge in [0.2, 0.25) is 0 Å². The van der Waals surface area contributed by atoms with Gasteiger partial charge in [0.25, 0.3) is 0 Å². The molecule has 0 radical (unpaired) electrons. The number of aldehydes is 1. The summed E-state index contributed by atoms with van der Waals surface area (Å²) in [7, 11) is 0. The molecule has 0 atom stereocenters. The molecule has 0 aliphatic heterocycles. The molecule has 0 aliphatic carbocycles. The zero-order valence-electron chi connectivity index (χ0n) is 7.68. The summed E-state index contributed by atoms with van der Waals surface area (Å²) in [5.74, 6) is -0.614. The number of halogens is 5. The zero-order valence-corrected chi connectivity index (χ0v) is 8.44. The van der Waals surface area contributed by atoms with E-state index in [4.69, 9.17) is 11.6 Å². The number of rotatable bonds is 2. The summed E-state index contributed by atoms with van der Waals surface area (Å²) in [6.45, 7) is 0. The van der Waals surface area contributed by atoms with Gasteiger partial charge in [0.05, 0.1) is 0 Å². The largest absolute Gasteiger partial charge is 0.427 e. The summed E-state index contributed by atoms with van der Waals surface area (Å²) in [6.07, 6.45) is -4.81. The molecule has 6 heteroatoms. The average molecular weight is 253 g/mol. The number of hydrogen-bond donors (Lipinski definition) is 0. The van der Waals surface area contributed by atoms with E-state index in [2.05, 4.69) is 0 Å². The van der Waals surface area contributed by atoms with Crippen LogP contribution in [0.2, 0.25) is 0 Å². The van der Waals surface area contributed by atoms with E-state index in [1.807, 2.05) is 0 Å². The van der Waals surface area contributed by atoms with Crippen LogP contribution in [-0.2, 0) is 4.79 Å². The molecular weight excluding hydrogens is 248 g/mol. The maximum atomic E-state index is 12.5. The molecule has 0 spiro atoms. The number of hydrogen-bond acceptors (Lipinski definition) is 1. The second-order valence-corrected chi connectivity index (χ2v) is 3.23. The number of allylic oxidation sites excluding steroid dienone is 2. The maximum absolute atomic E-state index is 12.5. The number of carbonyl (C=O) groups is 1. The molecular formula is C10H5ClF4O. The Morgan fingerprint density at radius 2 is 1.69 bits per heavy atom. The van der Waals surface area contributed by atoms with E-state index in [-0.39, 0.29) is 11.8 Å². The molecule has 0 fully saturated rings. The van der Waals surface area contributed by atoms with E-state index in [0.29, 0.717) is 0 Å². The lowest BCUT2D eigenvalue weighted by Crippen LogP contribution is -2.10. The summed E-state index contributed by atoms with van der Waals surface area (Å²) < 4.78 is 49.2. The van der Waals surface area contributed by atoms with E-state index in [1.54, 1.807) is 0 Å². The van der Waals surface area contributed by atoms with Crippen LogP contribution in [0.1, 0.15) is 5.56 Å². The summed E-state index contributed by atoms with van der Waals surface area (Å²) >= 11 is 5.03. The highest BCUT2D eigenvalue weighted by atomic mass is 35.5.